The van der Waals surface area contributed by atoms with Crippen molar-refractivity contribution in [1.82, 2.24) is 15.6 Å². The summed E-state index contributed by atoms with van der Waals surface area (Å²) < 4.78 is 40.6. The molecular formula is C14H21F3N4O. The van der Waals surface area contributed by atoms with Crippen LogP contribution in [0.15, 0.2) is 23.3 Å². The van der Waals surface area contributed by atoms with Crippen LogP contribution in [0.5, 0.6) is 5.88 Å². The van der Waals surface area contributed by atoms with Crippen molar-refractivity contribution >= 4 is 5.96 Å². The number of aliphatic imine (C=N–C) groups is 1. The lowest BCUT2D eigenvalue weighted by Gasteiger charge is -2.12. The van der Waals surface area contributed by atoms with Crippen molar-refractivity contribution in [2.24, 2.45) is 4.99 Å². The maximum Gasteiger partial charge on any atom is 0.422 e. The van der Waals surface area contributed by atoms with E-state index in [4.69, 9.17) is 0 Å². The maximum absolute atomic E-state index is 12.0. The van der Waals surface area contributed by atoms with Gasteiger partial charge in [-0.3, -0.25) is 4.99 Å². The molecule has 0 aromatic carbocycles. The molecule has 1 aromatic rings. The van der Waals surface area contributed by atoms with Gasteiger partial charge in [0.1, 0.15) is 0 Å². The molecule has 2 N–H and O–H groups in total. The Morgan fingerprint density at radius 2 is 2.09 bits per heavy atom. The molecule has 0 aliphatic heterocycles. The molecular weight excluding hydrogens is 297 g/mol. The van der Waals surface area contributed by atoms with Crippen LogP contribution < -0.4 is 15.4 Å². The molecule has 1 aromatic heterocycles. The summed E-state index contributed by atoms with van der Waals surface area (Å²) >= 11 is 0. The Labute approximate surface area is 128 Å². The molecule has 22 heavy (non-hydrogen) atoms. The van der Waals surface area contributed by atoms with E-state index in [1.165, 1.54) is 12.3 Å². The number of alkyl halides is 3. The van der Waals surface area contributed by atoms with Crippen LogP contribution in [0.1, 0.15) is 25.3 Å². The molecule has 0 amide bonds. The molecule has 0 atom stereocenters. The summed E-state index contributed by atoms with van der Waals surface area (Å²) in [4.78, 5) is 7.91. The van der Waals surface area contributed by atoms with Crippen LogP contribution in [0, 0.1) is 0 Å². The zero-order valence-corrected chi connectivity index (χ0v) is 12.7. The summed E-state index contributed by atoms with van der Waals surface area (Å²) in [6, 6.07) is 3.07. The Bertz CT molecular complexity index is 460. The Balaban J connectivity index is 2.40. The van der Waals surface area contributed by atoms with Gasteiger partial charge in [-0.15, -0.1) is 0 Å². The van der Waals surface area contributed by atoms with Crippen molar-refractivity contribution in [3.8, 4) is 5.88 Å². The van der Waals surface area contributed by atoms with Crippen LogP contribution in [0.4, 0.5) is 13.2 Å². The molecule has 1 heterocycles. The van der Waals surface area contributed by atoms with Gasteiger partial charge in [0.25, 0.3) is 0 Å². The van der Waals surface area contributed by atoms with E-state index in [-0.39, 0.29) is 5.88 Å². The number of pyridine rings is 1. The minimum Gasteiger partial charge on any atom is -0.468 e. The van der Waals surface area contributed by atoms with E-state index in [0.717, 1.165) is 24.9 Å². The molecule has 0 aliphatic carbocycles. The minimum atomic E-state index is -4.36. The molecule has 0 saturated carbocycles. The lowest BCUT2D eigenvalue weighted by atomic mass is 10.3. The first kappa shape index (κ1) is 18.1. The van der Waals surface area contributed by atoms with Crippen LogP contribution in [0.2, 0.25) is 0 Å². The Kier molecular flexibility index (Phi) is 7.48. The number of halogens is 3. The van der Waals surface area contributed by atoms with Crippen molar-refractivity contribution in [1.29, 1.82) is 0 Å². The van der Waals surface area contributed by atoms with Gasteiger partial charge in [0.2, 0.25) is 5.88 Å². The number of unbranched alkanes of at least 4 members (excludes halogenated alkanes) is 1. The second-order valence-corrected chi connectivity index (χ2v) is 4.61. The second kappa shape index (κ2) is 9.11. The number of nitrogens with one attached hydrogen (secondary N) is 2. The number of guanidine groups is 1. The van der Waals surface area contributed by atoms with E-state index < -0.39 is 12.8 Å². The quantitative estimate of drug-likeness (QED) is 0.461. The van der Waals surface area contributed by atoms with Crippen LogP contribution in [0.3, 0.4) is 0 Å². The fourth-order valence-corrected chi connectivity index (χ4v) is 1.55. The molecule has 0 aliphatic rings. The molecule has 0 unspecified atom stereocenters. The summed E-state index contributed by atoms with van der Waals surface area (Å²) in [5.74, 6) is 0.623. The molecule has 1 rings (SSSR count). The second-order valence-electron chi connectivity index (χ2n) is 4.61. The molecule has 8 heteroatoms. The van der Waals surface area contributed by atoms with Crippen molar-refractivity contribution in [3.05, 3.63) is 23.9 Å². The monoisotopic (exact) mass is 318 g/mol. The predicted octanol–water partition coefficient (Wildman–Crippen LogP) is 2.49. The molecule has 0 saturated heterocycles. The lowest BCUT2D eigenvalue weighted by molar-refractivity contribution is -0.154. The highest BCUT2D eigenvalue weighted by Gasteiger charge is 2.28. The van der Waals surface area contributed by atoms with Gasteiger partial charge in [0.15, 0.2) is 12.6 Å². The molecule has 0 fully saturated rings. The van der Waals surface area contributed by atoms with Crippen LogP contribution in [-0.4, -0.2) is 37.3 Å². The van der Waals surface area contributed by atoms with E-state index in [1.807, 2.05) is 0 Å². The topological polar surface area (TPSA) is 58.5 Å². The molecule has 0 spiro atoms. The van der Waals surface area contributed by atoms with Gasteiger partial charge < -0.3 is 15.4 Å². The van der Waals surface area contributed by atoms with Gasteiger partial charge in [-0.1, -0.05) is 19.4 Å². The normalized spacial score (nSPS) is 12.1. The highest BCUT2D eigenvalue weighted by atomic mass is 19.4. The van der Waals surface area contributed by atoms with E-state index >= 15 is 0 Å². The van der Waals surface area contributed by atoms with Gasteiger partial charge in [-0.25, -0.2) is 4.98 Å². The van der Waals surface area contributed by atoms with E-state index in [0.29, 0.717) is 12.5 Å². The van der Waals surface area contributed by atoms with E-state index in [2.05, 4.69) is 32.3 Å². The van der Waals surface area contributed by atoms with Gasteiger partial charge in [0.05, 0.1) is 0 Å². The highest BCUT2D eigenvalue weighted by Crippen LogP contribution is 2.16. The third-order valence-electron chi connectivity index (χ3n) is 2.69. The Morgan fingerprint density at radius 3 is 2.64 bits per heavy atom. The molecule has 0 bridgehead atoms. The fraction of sp³-hybridized carbons (Fsp3) is 0.571. The minimum absolute atomic E-state index is 0.0495. The number of rotatable bonds is 7. The highest BCUT2D eigenvalue weighted by molar-refractivity contribution is 5.79. The number of hydrogen-bond acceptors (Lipinski definition) is 3. The molecule has 124 valence electrons. The first-order valence-corrected chi connectivity index (χ1v) is 7.03. The van der Waals surface area contributed by atoms with Crippen LogP contribution >= 0.6 is 0 Å². The largest absolute Gasteiger partial charge is 0.468 e. The van der Waals surface area contributed by atoms with Crippen LogP contribution in [0.25, 0.3) is 0 Å². The Morgan fingerprint density at radius 1 is 1.32 bits per heavy atom. The van der Waals surface area contributed by atoms with E-state index in [1.54, 1.807) is 13.1 Å². The average molecular weight is 318 g/mol. The third-order valence-corrected chi connectivity index (χ3v) is 2.69. The number of nitrogens with zero attached hydrogens (tertiary/aromatic N) is 2. The summed E-state index contributed by atoms with van der Waals surface area (Å²) in [5.41, 5.74) is 0.817. The summed E-state index contributed by atoms with van der Waals surface area (Å²) in [7, 11) is 1.67. The van der Waals surface area contributed by atoms with Gasteiger partial charge >= 0.3 is 6.18 Å². The maximum atomic E-state index is 12.0. The zero-order valence-electron chi connectivity index (χ0n) is 12.7. The standard InChI is InChI=1S/C14H21F3N4O/c1-3-4-7-19-13(18-2)21-9-11-5-6-12(20-8-11)22-10-14(15,16)17/h5-6,8H,3-4,7,9-10H2,1-2H3,(H2,18,19,21). The molecule has 0 radical (unpaired) electrons. The number of hydrogen-bond donors (Lipinski definition) is 2. The lowest BCUT2D eigenvalue weighted by Crippen LogP contribution is -2.37. The SMILES string of the molecule is CCCCNC(=NC)NCc1ccc(OCC(F)(F)F)nc1. The molecule has 5 nitrogen and oxygen atoms in total. The summed E-state index contributed by atoms with van der Waals surface area (Å²) in [5, 5.41) is 6.26. The summed E-state index contributed by atoms with van der Waals surface area (Å²) in [6.45, 7) is 2.06. The van der Waals surface area contributed by atoms with Crippen molar-refractivity contribution in [3.63, 3.8) is 0 Å². The van der Waals surface area contributed by atoms with E-state index in [9.17, 15) is 13.2 Å². The number of ether oxygens (including phenoxy) is 1. The smallest absolute Gasteiger partial charge is 0.422 e. The average Bonchev–Trinajstić information content (AvgIpc) is 2.49. The van der Waals surface area contributed by atoms with Crippen molar-refractivity contribution < 1.29 is 17.9 Å². The number of aromatic nitrogens is 1. The summed E-state index contributed by atoms with van der Waals surface area (Å²) in [6.07, 6.45) is -0.753. The van der Waals surface area contributed by atoms with Gasteiger partial charge in [0, 0.05) is 32.4 Å². The zero-order chi connectivity index (χ0) is 16.4. The van der Waals surface area contributed by atoms with Gasteiger partial charge in [-0.2, -0.15) is 13.2 Å². The third kappa shape index (κ3) is 7.70. The first-order chi connectivity index (χ1) is 10.4. The van der Waals surface area contributed by atoms with Crippen molar-refractivity contribution in [2.45, 2.75) is 32.5 Å². The van der Waals surface area contributed by atoms with Gasteiger partial charge in [-0.05, 0) is 12.0 Å². The predicted molar refractivity (Wildman–Crippen MR) is 78.9 cm³/mol. The Hall–Kier alpha value is -1.99. The van der Waals surface area contributed by atoms with Crippen LogP contribution in [-0.2, 0) is 6.54 Å². The first-order valence-electron chi connectivity index (χ1n) is 7.03. The van der Waals surface area contributed by atoms with Crippen molar-refractivity contribution in [2.75, 3.05) is 20.2 Å². The fourth-order valence-electron chi connectivity index (χ4n) is 1.55.